The number of nitrogens with zero attached hydrogens (tertiary/aromatic N) is 3. The fraction of sp³-hybridized carbons (Fsp3) is 0.0909. The van der Waals surface area contributed by atoms with E-state index in [2.05, 4.69) is 107 Å². The molecule has 187 valence electrons. The minimum atomic E-state index is 0. The SMILES string of the molecule is CC(C)[N+]1=C=[N+](c2[c-]cc3c(c2)sc2ccccc23)c2ccccc21.[Ir].[c-]1ccccc1-c1ccccn1. The van der Waals surface area contributed by atoms with Crippen molar-refractivity contribution in [3.05, 3.63) is 121 Å². The fourth-order valence-corrected chi connectivity index (χ4v) is 5.63. The van der Waals surface area contributed by atoms with Gasteiger partial charge in [0.2, 0.25) is 0 Å². The standard InChI is InChI=1S/C22H17N2S.C11H8N.Ir/c1-15(2)23-14-24(20-9-5-4-8-19(20)23)16-11-12-18-17-7-3-6-10-21(17)25-22(18)13-16;1-2-6-10(7-3-1)11-8-4-5-9-12-11;/h3-10,12-13,15H,1-2H3;1-6,8-9H;/q+1;-1;. The maximum absolute atomic E-state index is 4.22. The Morgan fingerprint density at radius 2 is 1.55 bits per heavy atom. The molecule has 0 bridgehead atoms. The molecule has 0 unspecified atom stereocenters. The quantitative estimate of drug-likeness (QED) is 0.135. The summed E-state index contributed by atoms with van der Waals surface area (Å²) in [7, 11) is 0. The van der Waals surface area contributed by atoms with Gasteiger partial charge in [0, 0.05) is 43.1 Å². The summed E-state index contributed by atoms with van der Waals surface area (Å²) in [5.74, 6) is 0. The second kappa shape index (κ2) is 11.3. The minimum Gasteiger partial charge on any atom is -0.305 e. The Balaban J connectivity index is 0.000000191. The Kier molecular flexibility index (Phi) is 7.74. The van der Waals surface area contributed by atoms with E-state index in [4.69, 9.17) is 0 Å². The molecule has 0 saturated heterocycles. The zero-order chi connectivity index (χ0) is 25.2. The monoisotopic (exact) mass is 688 g/mol. The molecule has 0 aliphatic carbocycles. The summed E-state index contributed by atoms with van der Waals surface area (Å²) >= 11 is 1.83. The summed E-state index contributed by atoms with van der Waals surface area (Å²) in [6.45, 7) is 4.37. The van der Waals surface area contributed by atoms with Crippen LogP contribution in [0.2, 0.25) is 0 Å². The maximum Gasteiger partial charge on any atom is 0.494 e. The van der Waals surface area contributed by atoms with E-state index in [1.165, 1.54) is 25.9 Å². The number of para-hydroxylation sites is 2. The fourth-order valence-electron chi connectivity index (χ4n) is 4.51. The van der Waals surface area contributed by atoms with E-state index in [1.54, 1.807) is 6.20 Å². The van der Waals surface area contributed by atoms with Crippen molar-refractivity contribution in [1.29, 1.82) is 0 Å². The molecule has 5 heteroatoms. The molecular formula is C33H25IrN3S. The summed E-state index contributed by atoms with van der Waals surface area (Å²) in [5, 5.41) is 2.58. The number of rotatable bonds is 3. The van der Waals surface area contributed by atoms with E-state index in [1.807, 2.05) is 53.8 Å². The summed E-state index contributed by atoms with van der Waals surface area (Å²) in [6.07, 6.45) is 1.79. The third-order valence-electron chi connectivity index (χ3n) is 6.29. The van der Waals surface area contributed by atoms with Crippen molar-refractivity contribution in [2.24, 2.45) is 0 Å². The normalized spacial score (nSPS) is 11.9. The smallest absolute Gasteiger partial charge is 0.305 e. The predicted molar refractivity (Wildman–Crippen MR) is 155 cm³/mol. The number of fused-ring (bicyclic) bond motifs is 4. The summed E-state index contributed by atoms with van der Waals surface area (Å²) in [5.41, 5.74) is 5.40. The van der Waals surface area contributed by atoms with Crippen LogP contribution in [0.15, 0.2) is 109 Å². The van der Waals surface area contributed by atoms with Gasteiger partial charge in [0.05, 0.1) is 0 Å². The number of hydrogen-bond acceptors (Lipinski definition) is 2. The number of pyridine rings is 1. The Hall–Kier alpha value is -3.72. The third kappa shape index (κ3) is 5.02. The van der Waals surface area contributed by atoms with Crippen molar-refractivity contribution in [1.82, 2.24) is 9.56 Å². The number of benzene rings is 4. The molecule has 1 radical (unpaired) electrons. The van der Waals surface area contributed by atoms with Crippen molar-refractivity contribution in [3.63, 3.8) is 0 Å². The van der Waals surface area contributed by atoms with Gasteiger partial charge in [-0.1, -0.05) is 67.8 Å². The van der Waals surface area contributed by atoms with Crippen LogP contribution in [0.25, 0.3) is 31.4 Å². The molecule has 3 heterocycles. The second-order valence-corrected chi connectivity index (χ2v) is 10.2. The number of hydrogen-bond donors (Lipinski definition) is 0. The molecule has 7 rings (SSSR count). The van der Waals surface area contributed by atoms with E-state index < -0.39 is 0 Å². The van der Waals surface area contributed by atoms with Gasteiger partial charge in [-0.3, -0.25) is 0 Å². The maximum atomic E-state index is 4.22. The number of aromatic nitrogens is 1. The minimum absolute atomic E-state index is 0. The Bertz CT molecular complexity index is 1750. The molecule has 0 fully saturated rings. The van der Waals surface area contributed by atoms with Gasteiger partial charge < -0.3 is 4.98 Å². The Labute approximate surface area is 240 Å². The van der Waals surface area contributed by atoms with Crippen LogP contribution in [-0.4, -0.2) is 21.6 Å². The van der Waals surface area contributed by atoms with E-state index in [0.717, 1.165) is 22.6 Å². The van der Waals surface area contributed by atoms with Crippen LogP contribution in [0.3, 0.4) is 0 Å². The molecule has 4 aromatic carbocycles. The van der Waals surface area contributed by atoms with Gasteiger partial charge in [0.1, 0.15) is 5.69 Å². The van der Waals surface area contributed by atoms with Gasteiger partial charge in [0.15, 0.2) is 6.04 Å². The van der Waals surface area contributed by atoms with E-state index in [9.17, 15) is 0 Å². The zero-order valence-electron chi connectivity index (χ0n) is 21.1. The van der Waals surface area contributed by atoms with Crippen LogP contribution >= 0.6 is 11.3 Å². The van der Waals surface area contributed by atoms with Crippen LogP contribution in [0.5, 0.6) is 0 Å². The van der Waals surface area contributed by atoms with Gasteiger partial charge >= 0.3 is 6.01 Å². The van der Waals surface area contributed by atoms with Crippen LogP contribution in [0, 0.1) is 12.1 Å². The molecule has 0 amide bonds. The van der Waals surface area contributed by atoms with Crippen LogP contribution in [0.1, 0.15) is 13.8 Å². The zero-order valence-corrected chi connectivity index (χ0v) is 24.3. The largest absolute Gasteiger partial charge is 0.494 e. The molecule has 1 aliphatic rings. The molecule has 2 aromatic heterocycles. The topological polar surface area (TPSA) is 18.9 Å². The predicted octanol–water partition coefficient (Wildman–Crippen LogP) is 8.48. The first kappa shape index (κ1) is 25.9. The first-order chi connectivity index (χ1) is 18.2. The molecule has 38 heavy (non-hydrogen) atoms. The molecule has 0 N–H and O–H groups in total. The van der Waals surface area contributed by atoms with Gasteiger partial charge in [-0.25, -0.2) is 0 Å². The average molecular weight is 688 g/mol. The van der Waals surface area contributed by atoms with Gasteiger partial charge in [0.25, 0.3) is 11.4 Å². The van der Waals surface area contributed by atoms with E-state index >= 15 is 0 Å². The molecule has 6 aromatic rings. The van der Waals surface area contributed by atoms with Crippen molar-refractivity contribution in [2.45, 2.75) is 19.9 Å². The van der Waals surface area contributed by atoms with Gasteiger partial charge in [-0.15, -0.1) is 47.3 Å². The number of thiophene rings is 1. The van der Waals surface area contributed by atoms with Crippen LogP contribution < -0.4 is 4.58 Å². The van der Waals surface area contributed by atoms with Crippen molar-refractivity contribution >= 4 is 54.6 Å². The van der Waals surface area contributed by atoms with E-state index in [0.29, 0.717) is 6.04 Å². The Morgan fingerprint density at radius 3 is 2.32 bits per heavy atom. The molecule has 0 spiro atoms. The van der Waals surface area contributed by atoms with Crippen molar-refractivity contribution < 1.29 is 24.7 Å². The third-order valence-corrected chi connectivity index (χ3v) is 7.43. The molecule has 3 nitrogen and oxygen atoms in total. The molecular weight excluding hydrogens is 663 g/mol. The van der Waals surface area contributed by atoms with Gasteiger partial charge in [-0.05, 0) is 31.7 Å². The first-order valence-electron chi connectivity index (χ1n) is 12.3. The Morgan fingerprint density at radius 1 is 0.789 bits per heavy atom. The molecule has 0 saturated carbocycles. The van der Waals surface area contributed by atoms with E-state index in [-0.39, 0.29) is 20.1 Å². The van der Waals surface area contributed by atoms with Crippen molar-refractivity contribution in [2.75, 3.05) is 0 Å². The summed E-state index contributed by atoms with van der Waals surface area (Å²) in [6, 6.07) is 45.5. The second-order valence-electron chi connectivity index (χ2n) is 9.07. The summed E-state index contributed by atoms with van der Waals surface area (Å²) < 4.78 is 6.93. The summed E-state index contributed by atoms with van der Waals surface area (Å²) in [4.78, 5) is 4.22. The van der Waals surface area contributed by atoms with Crippen LogP contribution in [-0.2, 0) is 20.1 Å². The van der Waals surface area contributed by atoms with Crippen LogP contribution in [0.4, 0.5) is 17.1 Å². The van der Waals surface area contributed by atoms with Crippen molar-refractivity contribution in [3.8, 4) is 11.3 Å². The molecule has 0 atom stereocenters. The van der Waals surface area contributed by atoms with Gasteiger partial charge in [-0.2, -0.15) is 17.4 Å². The average Bonchev–Trinajstić information content (AvgIpc) is 3.53. The molecule has 1 aliphatic heterocycles. The first-order valence-corrected chi connectivity index (χ1v) is 13.2.